The highest BCUT2D eigenvalue weighted by molar-refractivity contribution is 7.89. The minimum absolute atomic E-state index is 0.0368. The van der Waals surface area contributed by atoms with Gasteiger partial charge in [-0.2, -0.15) is 4.31 Å². The molecule has 26 heavy (non-hydrogen) atoms. The molecule has 1 aromatic carbocycles. The number of quaternary nitrogens is 1. The molecule has 0 unspecified atom stereocenters. The van der Waals surface area contributed by atoms with Gasteiger partial charge in [0, 0.05) is 0 Å². The molecule has 1 aliphatic heterocycles. The van der Waals surface area contributed by atoms with Gasteiger partial charge in [-0.1, -0.05) is 11.6 Å². The van der Waals surface area contributed by atoms with Crippen LogP contribution in [0.4, 0.5) is 9.18 Å². The van der Waals surface area contributed by atoms with E-state index in [0.29, 0.717) is 13.1 Å². The molecule has 1 fully saturated rings. The minimum atomic E-state index is -3.79. The Bertz CT molecular complexity index is 781. The van der Waals surface area contributed by atoms with Crippen LogP contribution in [0.2, 0.25) is 5.02 Å². The second kappa shape index (κ2) is 8.76. The topological polar surface area (TPSA) is 97.2 Å². The Hall–Kier alpha value is -1.75. The minimum Gasteiger partial charge on any atom is -0.450 e. The Morgan fingerprint density at radius 3 is 2.58 bits per heavy atom. The average molecular weight is 409 g/mol. The summed E-state index contributed by atoms with van der Waals surface area (Å²) in [7, 11) is -3.79. The lowest BCUT2D eigenvalue weighted by Gasteiger charge is -2.31. The number of hydrogen-bond donors (Lipinski definition) is 2. The van der Waals surface area contributed by atoms with E-state index >= 15 is 0 Å². The Labute approximate surface area is 155 Å². The van der Waals surface area contributed by atoms with Crippen LogP contribution in [0.1, 0.15) is 6.92 Å². The van der Waals surface area contributed by atoms with Crippen LogP contribution in [-0.4, -0.2) is 64.1 Å². The van der Waals surface area contributed by atoms with Crippen molar-refractivity contribution < 1.29 is 32.0 Å². The molecule has 1 saturated heterocycles. The number of piperazine rings is 1. The molecular formula is C15H20ClFN3O5S+. The summed E-state index contributed by atoms with van der Waals surface area (Å²) < 4.78 is 44.3. The van der Waals surface area contributed by atoms with Crippen molar-refractivity contribution in [2.24, 2.45) is 0 Å². The third kappa shape index (κ3) is 5.13. The van der Waals surface area contributed by atoms with E-state index in [4.69, 9.17) is 11.6 Å². The number of hydrogen-bond acceptors (Lipinski definition) is 5. The summed E-state index contributed by atoms with van der Waals surface area (Å²) in [6, 6.07) is 3.26. The van der Waals surface area contributed by atoms with Gasteiger partial charge < -0.3 is 9.64 Å². The zero-order valence-electron chi connectivity index (χ0n) is 14.1. The number of amides is 2. The van der Waals surface area contributed by atoms with E-state index in [1.165, 1.54) is 10.4 Å². The number of imide groups is 1. The summed E-state index contributed by atoms with van der Waals surface area (Å²) >= 11 is 5.66. The van der Waals surface area contributed by atoms with Crippen molar-refractivity contribution in [1.29, 1.82) is 0 Å². The average Bonchev–Trinajstić information content (AvgIpc) is 2.57. The van der Waals surface area contributed by atoms with Gasteiger partial charge in [-0.25, -0.2) is 17.6 Å². The van der Waals surface area contributed by atoms with Crippen LogP contribution >= 0.6 is 11.6 Å². The molecule has 0 radical (unpaired) electrons. The molecule has 2 rings (SSSR count). The van der Waals surface area contributed by atoms with Gasteiger partial charge in [0.2, 0.25) is 10.0 Å². The third-order valence-corrected chi connectivity index (χ3v) is 6.07. The maximum atomic E-state index is 13.2. The van der Waals surface area contributed by atoms with Gasteiger partial charge in [0.15, 0.2) is 6.54 Å². The highest BCUT2D eigenvalue weighted by Crippen LogP contribution is 2.22. The predicted octanol–water partition coefficient (Wildman–Crippen LogP) is -0.359. The first-order valence-corrected chi connectivity index (χ1v) is 9.81. The van der Waals surface area contributed by atoms with Gasteiger partial charge in [-0.3, -0.25) is 10.1 Å². The first-order chi connectivity index (χ1) is 12.2. The number of nitrogens with one attached hydrogen (secondary N) is 2. The number of carbonyl (C=O) groups excluding carboxylic acids is 2. The molecule has 0 aromatic heterocycles. The largest absolute Gasteiger partial charge is 0.450 e. The Balaban J connectivity index is 1.92. The fourth-order valence-corrected chi connectivity index (χ4v) is 4.27. The summed E-state index contributed by atoms with van der Waals surface area (Å²) in [6.07, 6.45) is -0.800. The molecule has 0 atom stereocenters. The van der Waals surface area contributed by atoms with Crippen molar-refractivity contribution in [2.45, 2.75) is 11.8 Å². The highest BCUT2D eigenvalue weighted by atomic mass is 35.5. The summed E-state index contributed by atoms with van der Waals surface area (Å²) in [5.74, 6) is -1.17. The molecule has 0 bridgehead atoms. The van der Waals surface area contributed by atoms with Gasteiger partial charge in [0.25, 0.3) is 5.91 Å². The maximum absolute atomic E-state index is 13.2. The van der Waals surface area contributed by atoms with Crippen molar-refractivity contribution in [3.8, 4) is 0 Å². The summed E-state index contributed by atoms with van der Waals surface area (Å²) in [5.41, 5.74) is 0. The number of sulfonamides is 1. The number of ether oxygens (including phenoxy) is 1. The lowest BCUT2D eigenvalue weighted by molar-refractivity contribution is -0.895. The number of halogens is 2. The molecule has 1 aromatic rings. The number of benzene rings is 1. The third-order valence-electron chi connectivity index (χ3n) is 3.89. The molecule has 2 N–H and O–H groups in total. The highest BCUT2D eigenvalue weighted by Gasteiger charge is 2.31. The number of rotatable bonds is 5. The van der Waals surface area contributed by atoms with Gasteiger partial charge >= 0.3 is 6.09 Å². The predicted molar refractivity (Wildman–Crippen MR) is 90.9 cm³/mol. The van der Waals surface area contributed by atoms with E-state index < -0.39 is 27.8 Å². The first kappa shape index (κ1) is 20.6. The van der Waals surface area contributed by atoms with Gasteiger partial charge in [0.1, 0.15) is 5.82 Å². The Morgan fingerprint density at radius 1 is 1.35 bits per heavy atom. The van der Waals surface area contributed by atoms with Gasteiger partial charge in [0.05, 0.1) is 42.7 Å². The molecule has 144 valence electrons. The van der Waals surface area contributed by atoms with Crippen molar-refractivity contribution in [3.05, 3.63) is 29.0 Å². The fraction of sp³-hybridized carbons (Fsp3) is 0.467. The molecule has 8 nitrogen and oxygen atoms in total. The standard InChI is InChI=1S/C15H19ClFN3O5S/c1-2-25-15(22)18-14(21)10-19-5-7-20(8-6-19)26(23,24)11-3-4-13(17)12(16)9-11/h3-4,9H,2,5-8,10H2,1H3,(H,18,21,22)/p+1. The van der Waals surface area contributed by atoms with E-state index in [-0.39, 0.29) is 36.2 Å². The normalized spacial score (nSPS) is 16.3. The second-order valence-electron chi connectivity index (χ2n) is 5.68. The number of alkyl carbamates (subject to hydrolysis) is 1. The van der Waals surface area contributed by atoms with Crippen LogP contribution < -0.4 is 10.2 Å². The van der Waals surface area contributed by atoms with Crippen molar-refractivity contribution >= 4 is 33.6 Å². The SMILES string of the molecule is CCOC(=O)NC(=O)C[NH+]1CCN(S(=O)(=O)c2ccc(F)c(Cl)c2)CC1. The van der Waals surface area contributed by atoms with E-state index in [1.54, 1.807) is 6.92 Å². The van der Waals surface area contributed by atoms with Crippen molar-refractivity contribution in [3.63, 3.8) is 0 Å². The zero-order chi connectivity index (χ0) is 19.3. The van der Waals surface area contributed by atoms with E-state index in [9.17, 15) is 22.4 Å². The van der Waals surface area contributed by atoms with E-state index in [0.717, 1.165) is 17.0 Å². The monoisotopic (exact) mass is 408 g/mol. The van der Waals surface area contributed by atoms with Gasteiger partial charge in [-0.15, -0.1) is 0 Å². The molecular weight excluding hydrogens is 389 g/mol. The molecule has 11 heteroatoms. The van der Waals surface area contributed by atoms with Crippen LogP contribution in [0.15, 0.2) is 23.1 Å². The zero-order valence-corrected chi connectivity index (χ0v) is 15.7. The molecule has 1 aliphatic rings. The van der Waals surface area contributed by atoms with Crippen LogP contribution in [0.5, 0.6) is 0 Å². The van der Waals surface area contributed by atoms with Crippen LogP contribution in [-0.2, 0) is 19.6 Å². The molecule has 1 heterocycles. The van der Waals surface area contributed by atoms with Gasteiger partial charge in [-0.05, 0) is 25.1 Å². The van der Waals surface area contributed by atoms with Crippen LogP contribution in [0.3, 0.4) is 0 Å². The quantitative estimate of drug-likeness (QED) is 0.693. The lowest BCUT2D eigenvalue weighted by Crippen LogP contribution is -3.15. The van der Waals surface area contributed by atoms with Crippen molar-refractivity contribution in [2.75, 3.05) is 39.3 Å². The van der Waals surface area contributed by atoms with Crippen LogP contribution in [0.25, 0.3) is 0 Å². The molecule has 0 saturated carbocycles. The summed E-state index contributed by atoms with van der Waals surface area (Å²) in [4.78, 5) is 23.7. The summed E-state index contributed by atoms with van der Waals surface area (Å²) in [6.45, 7) is 3.00. The number of carbonyl (C=O) groups is 2. The summed E-state index contributed by atoms with van der Waals surface area (Å²) in [5, 5.41) is 1.85. The van der Waals surface area contributed by atoms with E-state index in [2.05, 4.69) is 10.1 Å². The maximum Gasteiger partial charge on any atom is 0.414 e. The molecule has 0 spiro atoms. The lowest BCUT2D eigenvalue weighted by atomic mass is 10.3. The Kier molecular flexibility index (Phi) is 6.93. The second-order valence-corrected chi connectivity index (χ2v) is 8.02. The smallest absolute Gasteiger partial charge is 0.414 e. The van der Waals surface area contributed by atoms with Crippen LogP contribution in [0, 0.1) is 5.82 Å². The molecule has 2 amide bonds. The first-order valence-electron chi connectivity index (χ1n) is 7.99. The van der Waals surface area contributed by atoms with Crippen molar-refractivity contribution in [1.82, 2.24) is 9.62 Å². The van der Waals surface area contributed by atoms with E-state index in [1.807, 2.05) is 0 Å². The number of nitrogens with zero attached hydrogens (tertiary/aromatic N) is 1. The Morgan fingerprint density at radius 2 is 2.00 bits per heavy atom. The molecule has 0 aliphatic carbocycles. The fourth-order valence-electron chi connectivity index (χ4n) is 2.56.